The Labute approximate surface area is 213 Å². The lowest BCUT2D eigenvalue weighted by atomic mass is 9.97. The molecule has 1 N–H and O–H groups in total. The van der Waals surface area contributed by atoms with E-state index in [-0.39, 0.29) is 17.9 Å². The highest BCUT2D eigenvalue weighted by atomic mass is 16.5. The van der Waals surface area contributed by atoms with Gasteiger partial charge in [0.05, 0.1) is 12.1 Å². The quantitative estimate of drug-likeness (QED) is 0.490. The SMILES string of the molecule is O=C(N[C@@H](CCN1CCC(n2cnc(Cc3ccccc3)n2)CC1)c1ccccc1)C1CCOCC1. The van der Waals surface area contributed by atoms with Crippen molar-refractivity contribution in [3.8, 4) is 0 Å². The molecule has 1 amide bonds. The van der Waals surface area contributed by atoms with Gasteiger partial charge in [0.1, 0.15) is 6.33 Å². The van der Waals surface area contributed by atoms with Gasteiger partial charge >= 0.3 is 0 Å². The molecule has 0 saturated carbocycles. The van der Waals surface area contributed by atoms with Gasteiger partial charge in [0.25, 0.3) is 0 Å². The highest BCUT2D eigenvalue weighted by Gasteiger charge is 2.26. The first-order chi connectivity index (χ1) is 17.7. The molecule has 0 bridgehead atoms. The number of carbonyl (C=O) groups is 1. The second-order valence-electron chi connectivity index (χ2n) is 10.0. The molecule has 2 fully saturated rings. The fraction of sp³-hybridized carbons (Fsp3) is 0.483. The van der Waals surface area contributed by atoms with Crippen LogP contribution in [0.4, 0.5) is 0 Å². The Morgan fingerprint density at radius 3 is 2.39 bits per heavy atom. The second-order valence-corrected chi connectivity index (χ2v) is 10.0. The van der Waals surface area contributed by atoms with Crippen molar-refractivity contribution >= 4 is 5.91 Å². The summed E-state index contributed by atoms with van der Waals surface area (Å²) in [6.07, 6.45) is 7.35. The third kappa shape index (κ3) is 6.59. The number of amides is 1. The number of ether oxygens (including phenoxy) is 1. The van der Waals surface area contributed by atoms with Crippen LogP contribution in [-0.4, -0.2) is 58.4 Å². The molecule has 190 valence electrons. The third-order valence-corrected chi connectivity index (χ3v) is 7.54. The molecule has 2 aliphatic heterocycles. The van der Waals surface area contributed by atoms with Crippen molar-refractivity contribution in [2.75, 3.05) is 32.8 Å². The molecule has 36 heavy (non-hydrogen) atoms. The normalized spacial score (nSPS) is 18.7. The predicted octanol–water partition coefficient (Wildman–Crippen LogP) is 4.18. The molecular formula is C29H37N5O2. The summed E-state index contributed by atoms with van der Waals surface area (Å²) < 4.78 is 7.50. The number of hydrogen-bond donors (Lipinski definition) is 1. The predicted molar refractivity (Wildman–Crippen MR) is 139 cm³/mol. The van der Waals surface area contributed by atoms with Crippen LogP contribution in [0.3, 0.4) is 0 Å². The largest absolute Gasteiger partial charge is 0.381 e. The molecule has 7 nitrogen and oxygen atoms in total. The maximum Gasteiger partial charge on any atom is 0.223 e. The Balaban J connectivity index is 1.12. The standard InChI is InChI=1S/C29H37N5O2/c35-29(25-14-19-36-20-15-25)31-27(24-9-5-2-6-10-24)13-18-33-16-11-26(12-17-33)34-22-30-28(32-34)21-23-7-3-1-4-8-23/h1-10,22,25-27H,11-21H2,(H,31,35)/t27-/m0/s1. The van der Waals surface area contributed by atoms with E-state index in [0.717, 1.165) is 64.0 Å². The zero-order valence-electron chi connectivity index (χ0n) is 21.0. The number of benzene rings is 2. The number of hydrogen-bond acceptors (Lipinski definition) is 5. The Morgan fingerprint density at radius 1 is 0.972 bits per heavy atom. The Bertz CT molecular complexity index is 1070. The number of nitrogens with one attached hydrogen (secondary N) is 1. The Hall–Kier alpha value is -3.03. The van der Waals surface area contributed by atoms with Crippen molar-refractivity contribution in [3.05, 3.63) is 83.9 Å². The van der Waals surface area contributed by atoms with E-state index in [1.807, 2.05) is 18.5 Å². The molecule has 3 aromatic rings. The summed E-state index contributed by atoms with van der Waals surface area (Å²) in [6.45, 7) is 4.41. The lowest BCUT2D eigenvalue weighted by molar-refractivity contribution is -0.128. The highest BCUT2D eigenvalue weighted by Crippen LogP contribution is 2.25. The van der Waals surface area contributed by atoms with Gasteiger partial charge in [0.15, 0.2) is 5.82 Å². The summed E-state index contributed by atoms with van der Waals surface area (Å²) in [5.74, 6) is 1.12. The molecule has 2 aliphatic rings. The number of piperidine rings is 1. The summed E-state index contributed by atoms with van der Waals surface area (Å²) in [7, 11) is 0. The van der Waals surface area contributed by atoms with Crippen molar-refractivity contribution in [1.29, 1.82) is 0 Å². The first-order valence-corrected chi connectivity index (χ1v) is 13.3. The summed E-state index contributed by atoms with van der Waals surface area (Å²) in [6, 6.07) is 21.2. The topological polar surface area (TPSA) is 72.3 Å². The van der Waals surface area contributed by atoms with Gasteiger partial charge in [-0.1, -0.05) is 60.7 Å². The summed E-state index contributed by atoms with van der Waals surface area (Å²) in [4.78, 5) is 20.0. The van der Waals surface area contributed by atoms with E-state index in [1.54, 1.807) is 0 Å². The van der Waals surface area contributed by atoms with Crippen molar-refractivity contribution < 1.29 is 9.53 Å². The van der Waals surface area contributed by atoms with Gasteiger partial charge < -0.3 is 15.0 Å². The van der Waals surface area contributed by atoms with Gasteiger partial charge in [-0.2, -0.15) is 5.10 Å². The Kier molecular flexibility index (Phi) is 8.41. The van der Waals surface area contributed by atoms with Crippen molar-refractivity contribution in [3.63, 3.8) is 0 Å². The van der Waals surface area contributed by atoms with Crippen LogP contribution in [0, 0.1) is 5.92 Å². The van der Waals surface area contributed by atoms with E-state index in [9.17, 15) is 4.79 Å². The lowest BCUT2D eigenvalue weighted by Crippen LogP contribution is -2.40. The molecule has 7 heteroatoms. The molecule has 1 aromatic heterocycles. The first-order valence-electron chi connectivity index (χ1n) is 13.3. The van der Waals surface area contributed by atoms with E-state index in [4.69, 9.17) is 9.84 Å². The van der Waals surface area contributed by atoms with Gasteiger partial charge in [0, 0.05) is 45.2 Å². The number of aromatic nitrogens is 3. The van der Waals surface area contributed by atoms with Gasteiger partial charge in [-0.05, 0) is 43.2 Å². The molecule has 0 aliphatic carbocycles. The molecule has 0 unspecified atom stereocenters. The van der Waals surface area contributed by atoms with Crippen molar-refractivity contribution in [2.45, 2.75) is 50.6 Å². The number of likely N-dealkylation sites (tertiary alicyclic amines) is 1. The minimum absolute atomic E-state index is 0.0372. The smallest absolute Gasteiger partial charge is 0.223 e. The van der Waals surface area contributed by atoms with Crippen LogP contribution in [0.25, 0.3) is 0 Å². The molecule has 0 spiro atoms. The Morgan fingerprint density at radius 2 is 1.67 bits per heavy atom. The van der Waals surface area contributed by atoms with E-state index in [2.05, 4.69) is 68.4 Å². The first kappa shape index (κ1) is 24.7. The van der Waals surface area contributed by atoms with Gasteiger partial charge in [-0.15, -0.1) is 0 Å². The minimum atomic E-state index is 0.0372. The van der Waals surface area contributed by atoms with Gasteiger partial charge in [-0.25, -0.2) is 9.67 Å². The van der Waals surface area contributed by atoms with Gasteiger partial charge in [-0.3, -0.25) is 4.79 Å². The zero-order chi connectivity index (χ0) is 24.6. The van der Waals surface area contributed by atoms with E-state index >= 15 is 0 Å². The lowest BCUT2D eigenvalue weighted by Gasteiger charge is -2.33. The maximum atomic E-state index is 13.0. The average Bonchev–Trinajstić information content (AvgIpc) is 3.41. The fourth-order valence-corrected chi connectivity index (χ4v) is 5.32. The van der Waals surface area contributed by atoms with Crippen LogP contribution in [0.5, 0.6) is 0 Å². The van der Waals surface area contributed by atoms with Crippen molar-refractivity contribution in [2.24, 2.45) is 5.92 Å². The molecule has 3 heterocycles. The summed E-state index contributed by atoms with van der Waals surface area (Å²) >= 11 is 0. The summed E-state index contributed by atoms with van der Waals surface area (Å²) in [5.41, 5.74) is 2.42. The molecule has 2 saturated heterocycles. The summed E-state index contributed by atoms with van der Waals surface area (Å²) in [5, 5.41) is 8.13. The number of carbonyl (C=O) groups excluding carboxylic acids is 1. The number of nitrogens with zero attached hydrogens (tertiary/aromatic N) is 4. The van der Waals surface area contributed by atoms with Crippen LogP contribution in [0.15, 0.2) is 67.0 Å². The molecular weight excluding hydrogens is 450 g/mol. The molecule has 0 radical (unpaired) electrons. The molecule has 2 aromatic carbocycles. The minimum Gasteiger partial charge on any atom is -0.381 e. The van der Waals surface area contributed by atoms with Crippen molar-refractivity contribution in [1.82, 2.24) is 25.0 Å². The average molecular weight is 488 g/mol. The van der Waals surface area contributed by atoms with Crippen LogP contribution < -0.4 is 5.32 Å². The molecule has 1 atom stereocenters. The van der Waals surface area contributed by atoms with Crippen LogP contribution >= 0.6 is 0 Å². The fourth-order valence-electron chi connectivity index (χ4n) is 5.32. The van der Waals surface area contributed by atoms with E-state index < -0.39 is 0 Å². The van der Waals surface area contributed by atoms with Gasteiger partial charge in [0.2, 0.25) is 5.91 Å². The third-order valence-electron chi connectivity index (χ3n) is 7.54. The maximum absolute atomic E-state index is 13.0. The van der Waals surface area contributed by atoms with E-state index in [1.165, 1.54) is 11.1 Å². The molecule has 5 rings (SSSR count). The zero-order valence-corrected chi connectivity index (χ0v) is 21.0. The van der Waals surface area contributed by atoms with Crippen LogP contribution in [0.2, 0.25) is 0 Å². The van der Waals surface area contributed by atoms with Crippen LogP contribution in [-0.2, 0) is 16.0 Å². The second kappa shape index (κ2) is 12.3. The van der Waals surface area contributed by atoms with E-state index in [0.29, 0.717) is 19.3 Å². The van der Waals surface area contributed by atoms with Crippen LogP contribution in [0.1, 0.15) is 61.1 Å². The highest BCUT2D eigenvalue weighted by molar-refractivity contribution is 5.79. The monoisotopic (exact) mass is 487 g/mol. The number of rotatable bonds is 9.